The highest BCUT2D eigenvalue weighted by atomic mass is 32.2. The molecule has 1 unspecified atom stereocenters. The molecule has 6 heteroatoms. The second kappa shape index (κ2) is 5.39. The summed E-state index contributed by atoms with van der Waals surface area (Å²) in [6, 6.07) is 0. The van der Waals surface area contributed by atoms with E-state index in [4.69, 9.17) is 4.74 Å². The van der Waals surface area contributed by atoms with Crippen molar-refractivity contribution in [1.82, 2.24) is 13.5 Å². The molecule has 0 aliphatic rings. The summed E-state index contributed by atoms with van der Waals surface area (Å²) in [6.45, 7) is 2.59. The van der Waals surface area contributed by atoms with Gasteiger partial charge < -0.3 is 4.74 Å². The molecule has 0 N–H and O–H groups in total. The van der Waals surface area contributed by atoms with E-state index in [1.807, 2.05) is 6.92 Å². The molecule has 0 saturated heterocycles. The second-order valence-electron chi connectivity index (χ2n) is 3.45. The summed E-state index contributed by atoms with van der Waals surface area (Å²) in [7, 11) is 5.16. The molecule has 5 nitrogen and oxygen atoms in total. The second-order valence-corrected chi connectivity index (χ2v) is 5.01. The van der Waals surface area contributed by atoms with Gasteiger partial charge in [-0.25, -0.2) is 8.51 Å². The van der Waals surface area contributed by atoms with E-state index in [-0.39, 0.29) is 0 Å². The van der Waals surface area contributed by atoms with Crippen LogP contribution in [0.5, 0.6) is 0 Å². The van der Waals surface area contributed by atoms with Gasteiger partial charge in [-0.3, -0.25) is 0 Å². The Balaban J connectivity index is 2.81. The SMILES string of the molecule is COCCc1nn(S(=O)N(C)C)cc1C. The van der Waals surface area contributed by atoms with Gasteiger partial charge in [0.05, 0.1) is 12.3 Å². The molecule has 0 amide bonds. The number of aromatic nitrogens is 2. The summed E-state index contributed by atoms with van der Waals surface area (Å²) in [5, 5.41) is 4.26. The van der Waals surface area contributed by atoms with Crippen molar-refractivity contribution in [2.45, 2.75) is 13.3 Å². The normalized spacial score (nSPS) is 13.4. The Morgan fingerprint density at radius 3 is 2.80 bits per heavy atom. The zero-order chi connectivity index (χ0) is 11.4. The lowest BCUT2D eigenvalue weighted by Crippen LogP contribution is -2.22. The van der Waals surface area contributed by atoms with E-state index in [2.05, 4.69) is 5.10 Å². The van der Waals surface area contributed by atoms with E-state index < -0.39 is 11.2 Å². The monoisotopic (exact) mass is 231 g/mol. The molecule has 0 spiro atoms. The quantitative estimate of drug-likeness (QED) is 0.735. The summed E-state index contributed by atoms with van der Waals surface area (Å²) < 4.78 is 19.7. The summed E-state index contributed by atoms with van der Waals surface area (Å²) in [6.07, 6.45) is 2.54. The van der Waals surface area contributed by atoms with Crippen molar-refractivity contribution in [3.8, 4) is 0 Å². The van der Waals surface area contributed by atoms with E-state index in [0.717, 1.165) is 17.7 Å². The van der Waals surface area contributed by atoms with Gasteiger partial charge in [0, 0.05) is 33.8 Å². The van der Waals surface area contributed by atoms with Crippen LogP contribution in [0.25, 0.3) is 0 Å². The first-order valence-corrected chi connectivity index (χ1v) is 5.76. The van der Waals surface area contributed by atoms with Crippen molar-refractivity contribution in [2.75, 3.05) is 27.8 Å². The van der Waals surface area contributed by atoms with Gasteiger partial charge in [0.1, 0.15) is 0 Å². The van der Waals surface area contributed by atoms with E-state index in [1.54, 1.807) is 31.7 Å². The molecule has 0 aliphatic carbocycles. The van der Waals surface area contributed by atoms with Crippen molar-refractivity contribution in [3.05, 3.63) is 17.5 Å². The molecule has 0 aliphatic heterocycles. The van der Waals surface area contributed by atoms with Gasteiger partial charge in [-0.05, 0) is 12.5 Å². The van der Waals surface area contributed by atoms with E-state index >= 15 is 0 Å². The molecule has 0 aromatic carbocycles. The maximum Gasteiger partial charge on any atom is 0.219 e. The molecule has 0 bridgehead atoms. The van der Waals surface area contributed by atoms with Crippen LogP contribution in [0.4, 0.5) is 0 Å². The zero-order valence-corrected chi connectivity index (χ0v) is 10.4. The standard InChI is InChI=1S/C9H17N3O2S/c1-8-7-12(15(13)11(2)3)10-9(8)5-6-14-4/h7H,5-6H2,1-4H3. The van der Waals surface area contributed by atoms with Crippen molar-refractivity contribution >= 4 is 11.2 Å². The summed E-state index contributed by atoms with van der Waals surface area (Å²) in [4.78, 5) is 0. The first-order valence-electron chi connectivity index (χ1n) is 4.70. The number of methoxy groups -OCH3 is 1. The molecule has 0 fully saturated rings. The van der Waals surface area contributed by atoms with E-state index in [9.17, 15) is 4.21 Å². The molecule has 1 aromatic heterocycles. The fourth-order valence-electron chi connectivity index (χ4n) is 1.16. The molecule has 1 atom stereocenters. The Labute approximate surface area is 92.7 Å². The molecule has 1 aromatic rings. The predicted molar refractivity (Wildman–Crippen MR) is 59.8 cm³/mol. The minimum absolute atomic E-state index is 0.631. The number of nitrogens with zero attached hydrogens (tertiary/aromatic N) is 3. The third-order valence-electron chi connectivity index (χ3n) is 1.99. The Kier molecular flexibility index (Phi) is 4.44. The van der Waals surface area contributed by atoms with Gasteiger partial charge in [0.25, 0.3) is 0 Å². The minimum Gasteiger partial charge on any atom is -0.384 e. The van der Waals surface area contributed by atoms with Crippen LogP contribution < -0.4 is 0 Å². The van der Waals surface area contributed by atoms with E-state index in [0.29, 0.717) is 6.61 Å². The molecular formula is C9H17N3O2S. The van der Waals surface area contributed by atoms with Crippen LogP contribution in [-0.4, -0.2) is 45.5 Å². The van der Waals surface area contributed by atoms with Gasteiger partial charge in [-0.2, -0.15) is 9.19 Å². The highest BCUT2D eigenvalue weighted by Crippen LogP contribution is 2.07. The molecular weight excluding hydrogens is 214 g/mol. The highest BCUT2D eigenvalue weighted by Gasteiger charge is 2.10. The van der Waals surface area contributed by atoms with Crippen molar-refractivity contribution < 1.29 is 8.95 Å². The van der Waals surface area contributed by atoms with Crippen molar-refractivity contribution in [1.29, 1.82) is 0 Å². The molecule has 1 rings (SSSR count). The Morgan fingerprint density at radius 1 is 1.60 bits per heavy atom. The third-order valence-corrected chi connectivity index (χ3v) is 3.13. The topological polar surface area (TPSA) is 47.4 Å². The number of ether oxygens (including phenoxy) is 1. The molecule has 0 radical (unpaired) electrons. The maximum absolute atomic E-state index is 11.7. The van der Waals surface area contributed by atoms with Gasteiger partial charge in [-0.15, -0.1) is 0 Å². The fraction of sp³-hybridized carbons (Fsp3) is 0.667. The summed E-state index contributed by atoms with van der Waals surface area (Å²) in [5.41, 5.74) is 1.98. The summed E-state index contributed by atoms with van der Waals surface area (Å²) >= 11 is -1.23. The third kappa shape index (κ3) is 3.12. The predicted octanol–water partition coefficient (Wildman–Crippen LogP) is 0.369. The van der Waals surface area contributed by atoms with Crippen LogP contribution in [0.3, 0.4) is 0 Å². The van der Waals surface area contributed by atoms with Crippen molar-refractivity contribution in [3.63, 3.8) is 0 Å². The van der Waals surface area contributed by atoms with Crippen molar-refractivity contribution in [2.24, 2.45) is 0 Å². The van der Waals surface area contributed by atoms with Gasteiger partial charge in [0.15, 0.2) is 0 Å². The smallest absolute Gasteiger partial charge is 0.219 e. The van der Waals surface area contributed by atoms with Crippen LogP contribution in [0.2, 0.25) is 0 Å². The summed E-state index contributed by atoms with van der Waals surface area (Å²) in [5.74, 6) is 0. The number of aryl methyl sites for hydroxylation is 1. The van der Waals surface area contributed by atoms with E-state index in [1.165, 1.54) is 4.09 Å². The first-order chi connectivity index (χ1) is 7.06. The number of hydrogen-bond donors (Lipinski definition) is 0. The van der Waals surface area contributed by atoms with Gasteiger partial charge >= 0.3 is 0 Å². The van der Waals surface area contributed by atoms with Gasteiger partial charge in [-0.1, -0.05) is 0 Å². The largest absolute Gasteiger partial charge is 0.384 e. The van der Waals surface area contributed by atoms with Gasteiger partial charge in [0.2, 0.25) is 11.2 Å². The Hall–Kier alpha value is -0.720. The molecule has 1 heterocycles. The highest BCUT2D eigenvalue weighted by molar-refractivity contribution is 7.80. The average molecular weight is 231 g/mol. The average Bonchev–Trinajstić information content (AvgIpc) is 2.55. The Bertz CT molecular complexity index is 349. The molecule has 15 heavy (non-hydrogen) atoms. The first kappa shape index (κ1) is 12.4. The fourth-order valence-corrected chi connectivity index (χ4v) is 1.91. The van der Waals surface area contributed by atoms with Crippen LogP contribution in [0.1, 0.15) is 11.3 Å². The van der Waals surface area contributed by atoms with Crippen LogP contribution in [-0.2, 0) is 22.3 Å². The number of hydrogen-bond acceptors (Lipinski definition) is 3. The lowest BCUT2D eigenvalue weighted by atomic mass is 10.2. The minimum atomic E-state index is -1.23. The lowest BCUT2D eigenvalue weighted by molar-refractivity contribution is 0.201. The maximum atomic E-state index is 11.7. The van der Waals surface area contributed by atoms with Crippen LogP contribution >= 0.6 is 0 Å². The molecule has 86 valence electrons. The number of rotatable bonds is 5. The Morgan fingerprint density at radius 2 is 2.27 bits per heavy atom. The van der Waals surface area contributed by atoms with Crippen LogP contribution in [0.15, 0.2) is 6.20 Å². The lowest BCUT2D eigenvalue weighted by Gasteiger charge is -2.07. The zero-order valence-electron chi connectivity index (χ0n) is 9.56. The van der Waals surface area contributed by atoms with Crippen LogP contribution in [0, 0.1) is 6.92 Å². The molecule has 0 saturated carbocycles.